The fourth-order valence-corrected chi connectivity index (χ4v) is 1.05. The van der Waals surface area contributed by atoms with Gasteiger partial charge >= 0.3 is 0 Å². The Morgan fingerprint density at radius 1 is 1.56 bits per heavy atom. The minimum absolute atomic E-state index is 0.171. The van der Waals surface area contributed by atoms with E-state index < -0.39 is 0 Å². The number of hydrogen-bond acceptors (Lipinski definition) is 2. The van der Waals surface area contributed by atoms with Crippen LogP contribution in [0, 0.1) is 17.2 Å². The third kappa shape index (κ3) is 1.43. The van der Waals surface area contributed by atoms with Crippen molar-refractivity contribution >= 4 is 0 Å². The molecule has 2 heteroatoms. The number of nitrogens with zero attached hydrogens (tertiary/aromatic N) is 2. The lowest BCUT2D eigenvalue weighted by Crippen LogP contribution is -2.27. The monoisotopic (exact) mass is 124 g/mol. The van der Waals surface area contributed by atoms with Crippen LogP contribution in [-0.4, -0.2) is 25.0 Å². The maximum Gasteiger partial charge on any atom is 0.100 e. The summed E-state index contributed by atoms with van der Waals surface area (Å²) < 4.78 is 0. The predicted molar refractivity (Wildman–Crippen MR) is 35.8 cm³/mol. The average Bonchev–Trinajstić information content (AvgIpc) is 2.50. The molecule has 0 spiro atoms. The summed E-state index contributed by atoms with van der Waals surface area (Å²) >= 11 is 0. The largest absolute Gasteiger partial charge is 0.294 e. The summed E-state index contributed by atoms with van der Waals surface area (Å²) in [7, 11) is 3.93. The Hall–Kier alpha value is -0.550. The first kappa shape index (κ1) is 6.57. The lowest BCUT2D eigenvalue weighted by molar-refractivity contribution is 0.322. The highest BCUT2D eigenvalue weighted by Gasteiger charge is 2.32. The lowest BCUT2D eigenvalue weighted by Gasteiger charge is -2.15. The van der Waals surface area contributed by atoms with E-state index in [4.69, 9.17) is 5.26 Å². The van der Waals surface area contributed by atoms with Crippen LogP contribution in [0.25, 0.3) is 0 Å². The van der Waals surface area contributed by atoms with Crippen LogP contribution in [0.1, 0.15) is 12.8 Å². The van der Waals surface area contributed by atoms with Crippen LogP contribution in [0.5, 0.6) is 0 Å². The second-order valence-electron chi connectivity index (χ2n) is 2.87. The highest BCUT2D eigenvalue weighted by molar-refractivity contribution is 5.00. The van der Waals surface area contributed by atoms with Crippen molar-refractivity contribution in [3.05, 3.63) is 0 Å². The van der Waals surface area contributed by atoms with Crippen LogP contribution >= 0.6 is 0 Å². The lowest BCUT2D eigenvalue weighted by atomic mass is 10.2. The molecule has 0 saturated heterocycles. The normalized spacial score (nSPS) is 21.6. The highest BCUT2D eigenvalue weighted by Crippen LogP contribution is 2.33. The van der Waals surface area contributed by atoms with E-state index in [9.17, 15) is 0 Å². The molecule has 0 bridgehead atoms. The molecule has 0 aromatic rings. The summed E-state index contributed by atoms with van der Waals surface area (Å²) in [6, 6.07) is 2.46. The Bertz CT molecular complexity index is 128. The average molecular weight is 124 g/mol. The molecule has 0 aromatic heterocycles. The van der Waals surface area contributed by atoms with Gasteiger partial charge in [-0.1, -0.05) is 0 Å². The minimum Gasteiger partial charge on any atom is -0.294 e. The maximum atomic E-state index is 8.62. The molecule has 0 N–H and O–H groups in total. The van der Waals surface area contributed by atoms with Crippen molar-refractivity contribution in [1.29, 1.82) is 5.26 Å². The molecule has 9 heavy (non-hydrogen) atoms. The highest BCUT2D eigenvalue weighted by atomic mass is 15.1. The second kappa shape index (κ2) is 2.36. The van der Waals surface area contributed by atoms with Crippen LogP contribution in [0.4, 0.5) is 0 Å². The number of hydrogen-bond donors (Lipinski definition) is 0. The van der Waals surface area contributed by atoms with Gasteiger partial charge in [0.15, 0.2) is 0 Å². The first-order chi connectivity index (χ1) is 4.25. The van der Waals surface area contributed by atoms with Crippen molar-refractivity contribution in [3.63, 3.8) is 0 Å². The van der Waals surface area contributed by atoms with Gasteiger partial charge in [-0.25, -0.2) is 0 Å². The van der Waals surface area contributed by atoms with Gasteiger partial charge in [0.1, 0.15) is 6.04 Å². The molecular formula is C7H12N2. The van der Waals surface area contributed by atoms with E-state index in [0.717, 1.165) is 0 Å². The Morgan fingerprint density at radius 2 is 2.11 bits per heavy atom. The fraction of sp³-hybridized carbons (Fsp3) is 0.857. The van der Waals surface area contributed by atoms with E-state index in [0.29, 0.717) is 5.92 Å². The van der Waals surface area contributed by atoms with Crippen LogP contribution in [-0.2, 0) is 0 Å². The molecule has 1 rings (SSSR count). The van der Waals surface area contributed by atoms with Crippen molar-refractivity contribution in [2.24, 2.45) is 5.92 Å². The Labute approximate surface area is 56.1 Å². The van der Waals surface area contributed by atoms with E-state index in [1.54, 1.807) is 0 Å². The third-order valence-corrected chi connectivity index (χ3v) is 1.76. The van der Waals surface area contributed by atoms with E-state index in [1.165, 1.54) is 12.8 Å². The van der Waals surface area contributed by atoms with Crippen molar-refractivity contribution in [2.45, 2.75) is 18.9 Å². The molecule has 1 aliphatic carbocycles. The van der Waals surface area contributed by atoms with Crippen LogP contribution in [0.3, 0.4) is 0 Å². The summed E-state index contributed by atoms with van der Waals surface area (Å²) in [5.74, 6) is 0.671. The zero-order valence-electron chi connectivity index (χ0n) is 5.96. The van der Waals surface area contributed by atoms with Gasteiger partial charge < -0.3 is 0 Å². The van der Waals surface area contributed by atoms with E-state index >= 15 is 0 Å². The van der Waals surface area contributed by atoms with Gasteiger partial charge in [0.25, 0.3) is 0 Å². The smallest absolute Gasteiger partial charge is 0.100 e. The summed E-state index contributed by atoms with van der Waals surface area (Å²) in [6.07, 6.45) is 2.49. The molecule has 0 aliphatic heterocycles. The zero-order valence-corrected chi connectivity index (χ0v) is 5.96. The van der Waals surface area contributed by atoms with Crippen molar-refractivity contribution in [1.82, 2.24) is 4.90 Å². The Balaban J connectivity index is 2.40. The van der Waals surface area contributed by atoms with E-state index in [2.05, 4.69) is 6.07 Å². The summed E-state index contributed by atoms with van der Waals surface area (Å²) in [4.78, 5) is 2.00. The first-order valence-electron chi connectivity index (χ1n) is 3.31. The molecule has 0 radical (unpaired) electrons. The molecule has 0 unspecified atom stereocenters. The van der Waals surface area contributed by atoms with Gasteiger partial charge in [-0.05, 0) is 32.9 Å². The number of rotatable bonds is 2. The quantitative estimate of drug-likeness (QED) is 0.545. The van der Waals surface area contributed by atoms with Gasteiger partial charge in [0.2, 0.25) is 0 Å². The van der Waals surface area contributed by atoms with Gasteiger partial charge in [0.05, 0.1) is 6.07 Å². The van der Waals surface area contributed by atoms with Crippen molar-refractivity contribution in [3.8, 4) is 6.07 Å². The Kier molecular flexibility index (Phi) is 1.73. The van der Waals surface area contributed by atoms with Gasteiger partial charge in [-0.3, -0.25) is 4.90 Å². The minimum atomic E-state index is 0.171. The van der Waals surface area contributed by atoms with Gasteiger partial charge in [0, 0.05) is 0 Å². The molecule has 0 aromatic carbocycles. The molecule has 1 aliphatic rings. The van der Waals surface area contributed by atoms with Gasteiger partial charge in [-0.2, -0.15) is 5.26 Å². The van der Waals surface area contributed by atoms with Crippen molar-refractivity contribution in [2.75, 3.05) is 14.1 Å². The van der Waals surface area contributed by atoms with Crippen molar-refractivity contribution < 1.29 is 0 Å². The zero-order chi connectivity index (χ0) is 6.85. The standard InChI is InChI=1S/C7H12N2/c1-9(2)7(5-8)6-3-4-6/h6-7H,3-4H2,1-2H3/t7-/m1/s1. The molecule has 50 valence electrons. The van der Waals surface area contributed by atoms with E-state index in [1.807, 2.05) is 19.0 Å². The van der Waals surface area contributed by atoms with Gasteiger partial charge in [-0.15, -0.1) is 0 Å². The molecule has 0 amide bonds. The van der Waals surface area contributed by atoms with Crippen LogP contribution in [0.2, 0.25) is 0 Å². The predicted octanol–water partition coefficient (Wildman–Crippen LogP) is 0.850. The molecule has 1 saturated carbocycles. The molecule has 0 heterocycles. The molecule has 2 nitrogen and oxygen atoms in total. The topological polar surface area (TPSA) is 27.0 Å². The first-order valence-corrected chi connectivity index (χ1v) is 3.31. The Morgan fingerprint density at radius 3 is 2.22 bits per heavy atom. The fourth-order valence-electron chi connectivity index (χ4n) is 1.05. The summed E-state index contributed by atoms with van der Waals surface area (Å²) in [5, 5.41) is 8.62. The molecule has 1 atom stereocenters. The summed E-state index contributed by atoms with van der Waals surface area (Å²) in [5.41, 5.74) is 0. The summed E-state index contributed by atoms with van der Waals surface area (Å²) in [6.45, 7) is 0. The molecule has 1 fully saturated rings. The third-order valence-electron chi connectivity index (χ3n) is 1.76. The SMILES string of the molecule is CN(C)[C@H](C#N)C1CC1. The van der Waals surface area contributed by atoms with Crippen LogP contribution < -0.4 is 0 Å². The molecular weight excluding hydrogens is 112 g/mol. The second-order valence-corrected chi connectivity index (χ2v) is 2.87. The maximum absolute atomic E-state index is 8.62. The van der Waals surface area contributed by atoms with Crippen LogP contribution in [0.15, 0.2) is 0 Å². The van der Waals surface area contributed by atoms with E-state index in [-0.39, 0.29) is 6.04 Å². The number of nitriles is 1.